The topological polar surface area (TPSA) is 13.1 Å². The molecule has 0 atom stereocenters. The maximum atomic E-state index is 6.46. The molecule has 1 nitrogen and oxygen atoms in total. The first-order valence-corrected chi connectivity index (χ1v) is 21.7. The fourth-order valence-electron chi connectivity index (χ4n) is 9.70. The molecule has 274 valence electrons. The van der Waals surface area contributed by atoms with Gasteiger partial charge in [-0.15, -0.1) is 22.7 Å². The quantitative estimate of drug-likeness (QED) is 0.162. The predicted octanol–water partition coefficient (Wildman–Crippen LogP) is 17.3. The van der Waals surface area contributed by atoms with E-state index in [4.69, 9.17) is 4.42 Å². The Labute approximate surface area is 347 Å². The molecular formula is C56H32OS2. The number of thiophene rings is 2. The molecule has 3 aromatic heterocycles. The SMILES string of the molecule is c1ccc(-c2sc3ccc4c(sc5cccc(-c6c7ccccc7c(-c7ccc8oc9cc%10ccccc%10cc9c8c7)c7ccccc67)c54)c3c2-c2ccccc2)cc1. The van der Waals surface area contributed by atoms with E-state index in [1.165, 1.54) is 106 Å². The van der Waals surface area contributed by atoms with E-state index >= 15 is 0 Å². The highest BCUT2D eigenvalue weighted by molar-refractivity contribution is 7.28. The lowest BCUT2D eigenvalue weighted by Gasteiger charge is -2.18. The van der Waals surface area contributed by atoms with Crippen LogP contribution in [0.15, 0.2) is 199 Å². The van der Waals surface area contributed by atoms with Crippen LogP contribution in [-0.2, 0) is 0 Å². The molecule has 0 unspecified atom stereocenters. The molecule has 0 aliphatic carbocycles. The lowest BCUT2D eigenvalue weighted by Crippen LogP contribution is -1.91. The van der Waals surface area contributed by atoms with Gasteiger partial charge in [-0.3, -0.25) is 0 Å². The Bertz CT molecular complexity index is 3770. The second kappa shape index (κ2) is 12.7. The Kier molecular flexibility index (Phi) is 7.12. The van der Waals surface area contributed by atoms with Gasteiger partial charge in [0.15, 0.2) is 0 Å². The predicted molar refractivity (Wildman–Crippen MR) is 256 cm³/mol. The normalized spacial score (nSPS) is 12.1. The average molecular weight is 785 g/mol. The second-order valence-corrected chi connectivity index (χ2v) is 17.6. The second-order valence-electron chi connectivity index (χ2n) is 15.5. The highest BCUT2D eigenvalue weighted by atomic mass is 32.1. The standard InChI is InChI=1S/C56H32OS2/c1-3-14-33(15-4-1)51-54-49(58-55(51)34-16-5-2-6-17-34)29-27-43-53-42(24-13-25-48(53)59-56(43)54)52-40-22-11-9-20-38(40)50(39-21-10-12-23-41(39)52)37-26-28-46-44(31-37)45-30-35-18-7-8-19-36(35)32-47(45)57-46/h1-32H. The Morgan fingerprint density at radius 2 is 0.932 bits per heavy atom. The van der Waals surface area contributed by atoms with Gasteiger partial charge in [0.05, 0.1) is 0 Å². The molecule has 3 heteroatoms. The molecule has 0 saturated carbocycles. The molecule has 13 rings (SSSR count). The number of rotatable bonds is 4. The van der Waals surface area contributed by atoms with Gasteiger partial charge in [-0.2, -0.15) is 0 Å². The van der Waals surface area contributed by atoms with Crippen molar-refractivity contribution in [1.82, 2.24) is 0 Å². The van der Waals surface area contributed by atoms with Crippen LogP contribution in [0.4, 0.5) is 0 Å². The summed E-state index contributed by atoms with van der Waals surface area (Å²) < 4.78 is 10.4. The van der Waals surface area contributed by atoms with Crippen LogP contribution in [0.3, 0.4) is 0 Å². The zero-order valence-electron chi connectivity index (χ0n) is 31.7. The van der Waals surface area contributed by atoms with E-state index in [-0.39, 0.29) is 0 Å². The first-order valence-electron chi connectivity index (χ1n) is 20.1. The van der Waals surface area contributed by atoms with Crippen molar-refractivity contribution in [2.45, 2.75) is 0 Å². The average Bonchev–Trinajstić information content (AvgIpc) is 3.99. The maximum absolute atomic E-state index is 6.46. The van der Waals surface area contributed by atoms with Gasteiger partial charge in [-0.25, -0.2) is 0 Å². The molecule has 13 aromatic rings. The summed E-state index contributed by atoms with van der Waals surface area (Å²) in [7, 11) is 0. The molecule has 0 bridgehead atoms. The molecule has 3 heterocycles. The maximum Gasteiger partial charge on any atom is 0.136 e. The Balaban J connectivity index is 1.09. The summed E-state index contributed by atoms with van der Waals surface area (Å²) in [6.45, 7) is 0. The van der Waals surface area contributed by atoms with Gasteiger partial charge in [-0.1, -0.05) is 158 Å². The number of hydrogen-bond acceptors (Lipinski definition) is 3. The lowest BCUT2D eigenvalue weighted by molar-refractivity contribution is 0.669. The summed E-state index contributed by atoms with van der Waals surface area (Å²) in [6.07, 6.45) is 0. The van der Waals surface area contributed by atoms with Crippen molar-refractivity contribution in [3.05, 3.63) is 194 Å². The summed E-state index contributed by atoms with van der Waals surface area (Å²) >= 11 is 3.83. The summed E-state index contributed by atoms with van der Waals surface area (Å²) in [5.41, 5.74) is 10.7. The van der Waals surface area contributed by atoms with E-state index in [1.54, 1.807) is 0 Å². The summed E-state index contributed by atoms with van der Waals surface area (Å²) in [4.78, 5) is 1.32. The van der Waals surface area contributed by atoms with Gasteiger partial charge in [0.1, 0.15) is 11.2 Å². The highest BCUT2D eigenvalue weighted by Crippen LogP contribution is 2.53. The van der Waals surface area contributed by atoms with Crippen molar-refractivity contribution in [2.75, 3.05) is 0 Å². The number of hydrogen-bond donors (Lipinski definition) is 0. The first-order chi connectivity index (χ1) is 29.3. The molecule has 0 spiro atoms. The fourth-order valence-corrected chi connectivity index (χ4v) is 12.3. The van der Waals surface area contributed by atoms with Crippen LogP contribution in [-0.4, -0.2) is 0 Å². The third kappa shape index (κ3) is 4.90. The molecule has 0 fully saturated rings. The number of furan rings is 1. The Morgan fingerprint density at radius 3 is 1.66 bits per heavy atom. The summed E-state index contributed by atoms with van der Waals surface area (Å²) in [5, 5.41) is 13.7. The van der Waals surface area contributed by atoms with Crippen molar-refractivity contribution in [3.63, 3.8) is 0 Å². The third-order valence-electron chi connectivity index (χ3n) is 12.2. The van der Waals surface area contributed by atoms with Crippen molar-refractivity contribution in [2.24, 2.45) is 0 Å². The molecule has 0 amide bonds. The Morgan fingerprint density at radius 1 is 0.322 bits per heavy atom. The number of fused-ring (bicyclic) bond motifs is 11. The summed E-state index contributed by atoms with van der Waals surface area (Å²) in [6, 6.07) is 71.3. The van der Waals surface area contributed by atoms with E-state index in [9.17, 15) is 0 Å². The van der Waals surface area contributed by atoms with E-state index in [2.05, 4.69) is 194 Å². The van der Waals surface area contributed by atoms with E-state index in [0.29, 0.717) is 0 Å². The largest absolute Gasteiger partial charge is 0.456 e. The third-order valence-corrected chi connectivity index (χ3v) is 14.6. The van der Waals surface area contributed by atoms with Gasteiger partial charge in [-0.05, 0) is 102 Å². The summed E-state index contributed by atoms with van der Waals surface area (Å²) in [5.74, 6) is 0. The van der Waals surface area contributed by atoms with Crippen LogP contribution in [0.25, 0.3) is 128 Å². The fraction of sp³-hybridized carbons (Fsp3) is 0. The van der Waals surface area contributed by atoms with E-state index < -0.39 is 0 Å². The van der Waals surface area contributed by atoms with Crippen LogP contribution < -0.4 is 0 Å². The van der Waals surface area contributed by atoms with Crippen LogP contribution in [0.5, 0.6) is 0 Å². The van der Waals surface area contributed by atoms with Crippen molar-refractivity contribution in [3.8, 4) is 43.8 Å². The molecule has 0 aliphatic rings. The zero-order chi connectivity index (χ0) is 38.6. The molecule has 0 N–H and O–H groups in total. The first kappa shape index (κ1) is 33.0. The molecule has 0 saturated heterocycles. The minimum atomic E-state index is 0.909. The van der Waals surface area contributed by atoms with Gasteiger partial charge < -0.3 is 4.42 Å². The monoisotopic (exact) mass is 784 g/mol. The highest BCUT2D eigenvalue weighted by Gasteiger charge is 2.24. The van der Waals surface area contributed by atoms with Crippen LogP contribution in [0.1, 0.15) is 0 Å². The Hall–Kier alpha value is -7.04. The minimum Gasteiger partial charge on any atom is -0.456 e. The molecule has 0 aliphatic heterocycles. The van der Waals surface area contributed by atoms with Crippen molar-refractivity contribution >= 4 is 107 Å². The molecule has 0 radical (unpaired) electrons. The minimum absolute atomic E-state index is 0.909. The van der Waals surface area contributed by atoms with E-state index in [0.717, 1.165) is 21.9 Å². The smallest absolute Gasteiger partial charge is 0.136 e. The van der Waals surface area contributed by atoms with Gasteiger partial charge in [0, 0.05) is 51.5 Å². The molecule has 59 heavy (non-hydrogen) atoms. The molecular weight excluding hydrogens is 753 g/mol. The van der Waals surface area contributed by atoms with Crippen LogP contribution in [0, 0.1) is 0 Å². The van der Waals surface area contributed by atoms with Crippen LogP contribution in [0.2, 0.25) is 0 Å². The van der Waals surface area contributed by atoms with Crippen molar-refractivity contribution < 1.29 is 4.42 Å². The van der Waals surface area contributed by atoms with Crippen molar-refractivity contribution in [1.29, 1.82) is 0 Å². The zero-order valence-corrected chi connectivity index (χ0v) is 33.3. The number of benzene rings is 10. The van der Waals surface area contributed by atoms with Gasteiger partial charge in [0.25, 0.3) is 0 Å². The van der Waals surface area contributed by atoms with Crippen LogP contribution >= 0.6 is 22.7 Å². The van der Waals surface area contributed by atoms with Gasteiger partial charge >= 0.3 is 0 Å². The molecule has 10 aromatic carbocycles. The lowest BCUT2D eigenvalue weighted by atomic mass is 9.84. The van der Waals surface area contributed by atoms with Gasteiger partial charge in [0.2, 0.25) is 0 Å². The van der Waals surface area contributed by atoms with E-state index in [1.807, 2.05) is 22.7 Å².